The van der Waals surface area contributed by atoms with E-state index < -0.39 is 0 Å². The minimum Gasteiger partial charge on any atom is -0.436 e. The minimum atomic E-state index is -0.354. The summed E-state index contributed by atoms with van der Waals surface area (Å²) in [6.07, 6.45) is 3.37. The Labute approximate surface area is 121 Å². The fraction of sp³-hybridized carbons (Fsp3) is 0.0625. The van der Waals surface area contributed by atoms with E-state index in [0.717, 1.165) is 5.56 Å². The zero-order chi connectivity index (χ0) is 14.7. The average Bonchev–Trinajstić information content (AvgIpc) is 2.91. The summed E-state index contributed by atoms with van der Waals surface area (Å²) in [6, 6.07) is 8.94. The SMILES string of the molecule is CC#CC(=O)Nc1ccc2oc(-c3cccnc3)nc2c1. The van der Waals surface area contributed by atoms with Crippen molar-refractivity contribution in [1.82, 2.24) is 9.97 Å². The van der Waals surface area contributed by atoms with Crippen molar-refractivity contribution in [2.45, 2.75) is 6.92 Å². The van der Waals surface area contributed by atoms with Crippen LogP contribution in [0.4, 0.5) is 5.69 Å². The first-order chi connectivity index (χ1) is 10.3. The Bertz CT molecular complexity index is 857. The molecule has 0 aliphatic rings. The fourth-order valence-corrected chi connectivity index (χ4v) is 1.89. The van der Waals surface area contributed by atoms with E-state index >= 15 is 0 Å². The first kappa shape index (κ1) is 12.9. The molecule has 1 aromatic carbocycles. The van der Waals surface area contributed by atoms with Crippen LogP contribution in [-0.4, -0.2) is 15.9 Å². The number of anilines is 1. The van der Waals surface area contributed by atoms with Crippen LogP contribution in [-0.2, 0) is 4.79 Å². The van der Waals surface area contributed by atoms with Gasteiger partial charge in [0, 0.05) is 18.1 Å². The van der Waals surface area contributed by atoms with Crippen molar-refractivity contribution in [3.63, 3.8) is 0 Å². The van der Waals surface area contributed by atoms with Crippen molar-refractivity contribution in [2.75, 3.05) is 5.32 Å². The maximum absolute atomic E-state index is 11.4. The van der Waals surface area contributed by atoms with Crippen molar-refractivity contribution >= 4 is 22.7 Å². The maximum atomic E-state index is 11.4. The molecule has 0 bridgehead atoms. The Morgan fingerprint density at radius 2 is 2.24 bits per heavy atom. The molecule has 0 aliphatic carbocycles. The maximum Gasteiger partial charge on any atom is 0.300 e. The second kappa shape index (κ2) is 5.47. The predicted octanol–water partition coefficient (Wildman–Crippen LogP) is 2.85. The quantitative estimate of drug-likeness (QED) is 0.731. The van der Waals surface area contributed by atoms with Crippen LogP contribution >= 0.6 is 0 Å². The minimum absolute atomic E-state index is 0.354. The Kier molecular flexibility index (Phi) is 3.36. The largest absolute Gasteiger partial charge is 0.436 e. The Morgan fingerprint density at radius 3 is 3.00 bits per heavy atom. The van der Waals surface area contributed by atoms with Gasteiger partial charge in [-0.25, -0.2) is 4.98 Å². The summed E-state index contributed by atoms with van der Waals surface area (Å²) in [7, 11) is 0. The molecule has 0 saturated carbocycles. The van der Waals surface area contributed by atoms with E-state index in [1.165, 1.54) is 0 Å². The Morgan fingerprint density at radius 1 is 1.33 bits per heavy atom. The van der Waals surface area contributed by atoms with Crippen LogP contribution in [0.25, 0.3) is 22.6 Å². The number of carbonyl (C=O) groups excluding carboxylic acids is 1. The van der Waals surface area contributed by atoms with E-state index in [4.69, 9.17) is 4.42 Å². The molecule has 102 valence electrons. The van der Waals surface area contributed by atoms with Gasteiger partial charge < -0.3 is 9.73 Å². The molecule has 3 aromatic rings. The zero-order valence-corrected chi connectivity index (χ0v) is 11.3. The molecule has 0 aliphatic heterocycles. The normalized spacial score (nSPS) is 9.95. The Hall–Kier alpha value is -3.13. The summed E-state index contributed by atoms with van der Waals surface area (Å²) in [5, 5.41) is 2.68. The second-order valence-corrected chi connectivity index (χ2v) is 4.27. The fourth-order valence-electron chi connectivity index (χ4n) is 1.89. The standard InChI is InChI=1S/C16H11N3O2/c1-2-4-15(20)18-12-6-7-14-13(9-12)19-16(21-14)11-5-3-8-17-10-11/h3,5-10H,1H3,(H,18,20). The zero-order valence-electron chi connectivity index (χ0n) is 11.3. The van der Waals surface area contributed by atoms with E-state index in [1.807, 2.05) is 12.1 Å². The summed E-state index contributed by atoms with van der Waals surface area (Å²) in [6.45, 7) is 1.61. The second-order valence-electron chi connectivity index (χ2n) is 4.27. The van der Waals surface area contributed by atoms with Crippen LogP contribution in [0, 0.1) is 11.8 Å². The highest BCUT2D eigenvalue weighted by Crippen LogP contribution is 2.25. The molecule has 0 radical (unpaired) electrons. The molecule has 3 rings (SSSR count). The van der Waals surface area contributed by atoms with E-state index in [2.05, 4.69) is 27.1 Å². The van der Waals surface area contributed by atoms with Gasteiger partial charge in [-0.3, -0.25) is 9.78 Å². The molecule has 21 heavy (non-hydrogen) atoms. The first-order valence-electron chi connectivity index (χ1n) is 6.31. The third kappa shape index (κ3) is 2.74. The van der Waals surface area contributed by atoms with Gasteiger partial charge in [0.2, 0.25) is 5.89 Å². The molecule has 5 nitrogen and oxygen atoms in total. The molecule has 0 saturated heterocycles. The summed E-state index contributed by atoms with van der Waals surface area (Å²) in [5.41, 5.74) is 2.74. The molecule has 0 fully saturated rings. The molecule has 1 N–H and O–H groups in total. The lowest BCUT2D eigenvalue weighted by Crippen LogP contribution is -2.07. The number of amides is 1. The summed E-state index contributed by atoms with van der Waals surface area (Å²) >= 11 is 0. The number of hydrogen-bond acceptors (Lipinski definition) is 4. The lowest BCUT2D eigenvalue weighted by molar-refractivity contribution is -0.111. The van der Waals surface area contributed by atoms with Gasteiger partial charge in [0.1, 0.15) is 5.52 Å². The van der Waals surface area contributed by atoms with Crippen molar-refractivity contribution in [3.8, 4) is 23.3 Å². The van der Waals surface area contributed by atoms with Crippen LogP contribution in [0.2, 0.25) is 0 Å². The van der Waals surface area contributed by atoms with E-state index in [1.54, 1.807) is 37.5 Å². The number of pyridine rings is 1. The molecular formula is C16H11N3O2. The number of oxazole rings is 1. The molecule has 2 aromatic heterocycles. The lowest BCUT2D eigenvalue weighted by atomic mass is 10.3. The highest BCUT2D eigenvalue weighted by atomic mass is 16.3. The smallest absolute Gasteiger partial charge is 0.300 e. The third-order valence-electron chi connectivity index (χ3n) is 2.79. The van der Waals surface area contributed by atoms with Gasteiger partial charge in [0.15, 0.2) is 5.58 Å². The van der Waals surface area contributed by atoms with Crippen LogP contribution in [0.1, 0.15) is 6.92 Å². The highest BCUT2D eigenvalue weighted by Gasteiger charge is 2.09. The van der Waals surface area contributed by atoms with E-state index in [0.29, 0.717) is 22.7 Å². The third-order valence-corrected chi connectivity index (χ3v) is 2.79. The van der Waals surface area contributed by atoms with Gasteiger partial charge in [-0.2, -0.15) is 0 Å². The van der Waals surface area contributed by atoms with Crippen molar-refractivity contribution < 1.29 is 9.21 Å². The number of nitrogens with one attached hydrogen (secondary N) is 1. The van der Waals surface area contributed by atoms with Crippen molar-refractivity contribution in [1.29, 1.82) is 0 Å². The number of fused-ring (bicyclic) bond motifs is 1. The highest BCUT2D eigenvalue weighted by molar-refractivity contribution is 6.04. The number of aromatic nitrogens is 2. The monoisotopic (exact) mass is 277 g/mol. The van der Waals surface area contributed by atoms with E-state index in [-0.39, 0.29) is 5.91 Å². The molecule has 5 heteroatoms. The summed E-state index contributed by atoms with van der Waals surface area (Å²) in [5.74, 6) is 5.11. The van der Waals surface area contributed by atoms with E-state index in [9.17, 15) is 4.79 Å². The van der Waals surface area contributed by atoms with Gasteiger partial charge in [-0.1, -0.05) is 5.92 Å². The predicted molar refractivity (Wildman–Crippen MR) is 79.3 cm³/mol. The Balaban J connectivity index is 1.95. The molecule has 1 amide bonds. The van der Waals surface area contributed by atoms with Gasteiger partial charge in [0.05, 0.1) is 5.56 Å². The molecule has 0 spiro atoms. The van der Waals surface area contributed by atoms with Crippen LogP contribution < -0.4 is 5.32 Å². The van der Waals surface area contributed by atoms with Gasteiger partial charge >= 0.3 is 0 Å². The number of benzene rings is 1. The van der Waals surface area contributed by atoms with Crippen molar-refractivity contribution in [2.24, 2.45) is 0 Å². The van der Waals surface area contributed by atoms with Gasteiger partial charge in [0.25, 0.3) is 5.91 Å². The molecule has 2 heterocycles. The molecular weight excluding hydrogens is 266 g/mol. The van der Waals surface area contributed by atoms with Crippen LogP contribution in [0.15, 0.2) is 47.1 Å². The number of nitrogens with zero attached hydrogens (tertiary/aromatic N) is 2. The van der Waals surface area contributed by atoms with Crippen LogP contribution in [0.3, 0.4) is 0 Å². The molecule has 0 atom stereocenters. The van der Waals surface area contributed by atoms with Gasteiger partial charge in [-0.05, 0) is 43.2 Å². The number of hydrogen-bond donors (Lipinski definition) is 1. The average molecular weight is 277 g/mol. The van der Waals surface area contributed by atoms with Crippen LogP contribution in [0.5, 0.6) is 0 Å². The molecule has 0 unspecified atom stereocenters. The number of carbonyl (C=O) groups is 1. The topological polar surface area (TPSA) is 68.0 Å². The number of rotatable bonds is 2. The summed E-state index contributed by atoms with van der Waals surface area (Å²) in [4.78, 5) is 19.9. The lowest BCUT2D eigenvalue weighted by Gasteiger charge is -1.99. The van der Waals surface area contributed by atoms with Crippen molar-refractivity contribution in [3.05, 3.63) is 42.7 Å². The van der Waals surface area contributed by atoms with Gasteiger partial charge in [-0.15, -0.1) is 0 Å². The summed E-state index contributed by atoms with van der Waals surface area (Å²) < 4.78 is 5.67. The first-order valence-corrected chi connectivity index (χ1v) is 6.31.